The van der Waals surface area contributed by atoms with Crippen molar-refractivity contribution in [2.45, 2.75) is 18.4 Å². The first-order valence-corrected chi connectivity index (χ1v) is 8.97. The predicted octanol–water partition coefficient (Wildman–Crippen LogP) is 3.67. The summed E-state index contributed by atoms with van der Waals surface area (Å²) in [7, 11) is 0. The summed E-state index contributed by atoms with van der Waals surface area (Å²) < 4.78 is 0. The van der Waals surface area contributed by atoms with E-state index in [-0.39, 0.29) is 0 Å². The van der Waals surface area contributed by atoms with Gasteiger partial charge in [0.05, 0.1) is 11.2 Å². The molecule has 0 amide bonds. The molecule has 1 aliphatic rings. The van der Waals surface area contributed by atoms with Crippen molar-refractivity contribution < 1.29 is 5.11 Å². The quantitative estimate of drug-likeness (QED) is 0.670. The number of hydrogen-bond donors (Lipinski definition) is 1. The van der Waals surface area contributed by atoms with Gasteiger partial charge in [-0.15, -0.1) is 0 Å². The molecule has 26 heavy (non-hydrogen) atoms. The molecule has 3 aromatic rings. The number of aromatic nitrogens is 2. The third kappa shape index (κ3) is 3.50. The minimum atomic E-state index is -0.977. The zero-order chi connectivity index (χ0) is 18.0. The number of para-hydroxylation sites is 1. The molecule has 1 N–H and O–H groups in total. The maximum atomic E-state index is 10.8. The third-order valence-corrected chi connectivity index (χ3v) is 4.91. The Kier molecular flexibility index (Phi) is 4.50. The van der Waals surface area contributed by atoms with Crippen LogP contribution < -0.4 is 4.90 Å². The molecule has 0 saturated carbocycles. The largest absolute Gasteiger partial charge is 0.377 e. The highest BCUT2D eigenvalue weighted by molar-refractivity contribution is 6.30. The molecule has 1 fully saturated rings. The molecule has 0 aliphatic carbocycles. The molecule has 0 unspecified atom stereocenters. The van der Waals surface area contributed by atoms with Crippen LogP contribution in [0.25, 0.3) is 11.0 Å². The number of benzene rings is 2. The summed E-state index contributed by atoms with van der Waals surface area (Å²) in [6.07, 6.45) is 4.57. The first kappa shape index (κ1) is 16.8. The second kappa shape index (κ2) is 6.95. The molecule has 4 rings (SSSR count). The first-order valence-electron chi connectivity index (χ1n) is 8.59. The second-order valence-corrected chi connectivity index (χ2v) is 6.92. The van der Waals surface area contributed by atoms with Crippen molar-refractivity contribution in [2.24, 2.45) is 0 Å². The van der Waals surface area contributed by atoms with Crippen molar-refractivity contribution in [2.75, 3.05) is 18.0 Å². The summed E-state index contributed by atoms with van der Waals surface area (Å²) in [4.78, 5) is 11.1. The Labute approximate surface area is 157 Å². The van der Waals surface area contributed by atoms with E-state index < -0.39 is 5.60 Å². The van der Waals surface area contributed by atoms with E-state index in [9.17, 15) is 5.11 Å². The van der Waals surface area contributed by atoms with Crippen LogP contribution in [0.15, 0.2) is 54.9 Å². The molecular formula is C21H18ClN3O. The fourth-order valence-electron chi connectivity index (χ4n) is 3.23. The van der Waals surface area contributed by atoms with Gasteiger partial charge in [0.15, 0.2) is 0 Å². The van der Waals surface area contributed by atoms with Gasteiger partial charge < -0.3 is 10.0 Å². The van der Waals surface area contributed by atoms with Gasteiger partial charge in [-0.3, -0.25) is 9.97 Å². The summed E-state index contributed by atoms with van der Waals surface area (Å²) >= 11 is 5.99. The lowest BCUT2D eigenvalue weighted by atomic mass is 9.91. The Balaban J connectivity index is 1.52. The molecule has 1 saturated heterocycles. The zero-order valence-electron chi connectivity index (χ0n) is 14.2. The van der Waals surface area contributed by atoms with Crippen molar-refractivity contribution in [3.8, 4) is 11.8 Å². The van der Waals surface area contributed by atoms with Crippen LogP contribution in [-0.4, -0.2) is 33.8 Å². The Morgan fingerprint density at radius 2 is 1.81 bits per heavy atom. The highest BCUT2D eigenvalue weighted by Crippen LogP contribution is 2.29. The smallest absolute Gasteiger partial charge is 0.129 e. The number of piperidine rings is 1. The number of halogens is 1. The lowest BCUT2D eigenvalue weighted by Gasteiger charge is -2.36. The van der Waals surface area contributed by atoms with E-state index in [0.717, 1.165) is 35.4 Å². The number of fused-ring (bicyclic) bond motifs is 1. The maximum Gasteiger partial charge on any atom is 0.129 e. The van der Waals surface area contributed by atoms with Gasteiger partial charge in [0.2, 0.25) is 0 Å². The average molecular weight is 364 g/mol. The zero-order valence-corrected chi connectivity index (χ0v) is 14.9. The standard InChI is InChI=1S/C21H18ClN3O/c22-17-4-1-3-16(15-17)7-8-21(26)9-13-25(14-10-21)19-6-2-5-18-20(19)24-12-11-23-18/h1-6,11-12,15,26H,9-10,13-14H2. The van der Waals surface area contributed by atoms with Crippen molar-refractivity contribution in [3.05, 3.63) is 65.4 Å². The first-order chi connectivity index (χ1) is 12.6. The molecule has 1 aliphatic heterocycles. The van der Waals surface area contributed by atoms with Crippen molar-refractivity contribution in [3.63, 3.8) is 0 Å². The van der Waals surface area contributed by atoms with Crippen molar-refractivity contribution in [1.82, 2.24) is 9.97 Å². The maximum absolute atomic E-state index is 10.8. The van der Waals surface area contributed by atoms with Crippen LogP contribution in [0.4, 0.5) is 5.69 Å². The Bertz CT molecular complexity index is 995. The molecule has 2 aromatic carbocycles. The Morgan fingerprint density at radius 1 is 1.04 bits per heavy atom. The van der Waals surface area contributed by atoms with Gasteiger partial charge in [-0.25, -0.2) is 0 Å². The fourth-order valence-corrected chi connectivity index (χ4v) is 3.42. The topological polar surface area (TPSA) is 49.2 Å². The highest BCUT2D eigenvalue weighted by atomic mass is 35.5. The summed E-state index contributed by atoms with van der Waals surface area (Å²) in [5.41, 5.74) is 2.67. The minimum Gasteiger partial charge on any atom is -0.377 e. The number of hydrogen-bond acceptors (Lipinski definition) is 4. The normalized spacial score (nSPS) is 16.2. The number of rotatable bonds is 1. The fraction of sp³-hybridized carbons (Fsp3) is 0.238. The number of aliphatic hydroxyl groups is 1. The molecule has 130 valence electrons. The molecule has 0 atom stereocenters. The van der Waals surface area contributed by atoms with Crippen LogP contribution in [0.1, 0.15) is 18.4 Å². The van der Waals surface area contributed by atoms with E-state index in [1.54, 1.807) is 12.4 Å². The van der Waals surface area contributed by atoms with Crippen LogP contribution in [0.2, 0.25) is 5.02 Å². The Hall–Kier alpha value is -2.61. The molecular weight excluding hydrogens is 346 g/mol. The molecule has 2 heterocycles. The van der Waals surface area contributed by atoms with Crippen LogP contribution in [0, 0.1) is 11.8 Å². The van der Waals surface area contributed by atoms with Gasteiger partial charge in [0.25, 0.3) is 0 Å². The number of anilines is 1. The second-order valence-electron chi connectivity index (χ2n) is 6.48. The Morgan fingerprint density at radius 3 is 2.62 bits per heavy atom. The number of nitrogens with zero attached hydrogens (tertiary/aromatic N) is 3. The van der Waals surface area contributed by atoms with Gasteiger partial charge in [-0.2, -0.15) is 0 Å². The van der Waals surface area contributed by atoms with E-state index in [2.05, 4.69) is 32.8 Å². The summed E-state index contributed by atoms with van der Waals surface area (Å²) in [6.45, 7) is 1.44. The third-order valence-electron chi connectivity index (χ3n) is 4.67. The van der Waals surface area contributed by atoms with E-state index >= 15 is 0 Å². The molecule has 4 nitrogen and oxygen atoms in total. The highest BCUT2D eigenvalue weighted by Gasteiger charge is 2.31. The molecule has 0 radical (unpaired) electrons. The van der Waals surface area contributed by atoms with E-state index in [1.165, 1.54) is 0 Å². The van der Waals surface area contributed by atoms with Gasteiger partial charge in [0, 0.05) is 48.9 Å². The lowest BCUT2D eigenvalue weighted by molar-refractivity contribution is 0.0747. The van der Waals surface area contributed by atoms with Crippen LogP contribution in [0.3, 0.4) is 0 Å². The van der Waals surface area contributed by atoms with Crippen LogP contribution in [-0.2, 0) is 0 Å². The minimum absolute atomic E-state index is 0.581. The predicted molar refractivity (Wildman–Crippen MR) is 104 cm³/mol. The summed E-state index contributed by atoms with van der Waals surface area (Å²) in [5.74, 6) is 6.10. The van der Waals surface area contributed by atoms with E-state index in [1.807, 2.05) is 36.4 Å². The molecule has 0 spiro atoms. The SMILES string of the molecule is OC1(C#Cc2cccc(Cl)c2)CCN(c2cccc3nccnc23)CC1. The van der Waals surface area contributed by atoms with Gasteiger partial charge >= 0.3 is 0 Å². The van der Waals surface area contributed by atoms with Crippen LogP contribution >= 0.6 is 11.6 Å². The summed E-state index contributed by atoms with van der Waals surface area (Å²) in [6, 6.07) is 13.4. The van der Waals surface area contributed by atoms with Gasteiger partial charge in [0.1, 0.15) is 11.1 Å². The lowest BCUT2D eigenvalue weighted by Crippen LogP contribution is -2.43. The van der Waals surface area contributed by atoms with Crippen molar-refractivity contribution in [1.29, 1.82) is 0 Å². The van der Waals surface area contributed by atoms with E-state index in [0.29, 0.717) is 17.9 Å². The monoisotopic (exact) mass is 363 g/mol. The average Bonchev–Trinajstić information content (AvgIpc) is 2.67. The van der Waals surface area contributed by atoms with Crippen molar-refractivity contribution >= 4 is 28.3 Å². The summed E-state index contributed by atoms with van der Waals surface area (Å²) in [5, 5.41) is 11.5. The molecule has 1 aromatic heterocycles. The molecule has 0 bridgehead atoms. The van der Waals surface area contributed by atoms with E-state index in [4.69, 9.17) is 11.6 Å². The molecule has 5 heteroatoms. The van der Waals surface area contributed by atoms with Gasteiger partial charge in [-0.05, 0) is 30.3 Å². The van der Waals surface area contributed by atoms with Crippen LogP contribution in [0.5, 0.6) is 0 Å². The van der Waals surface area contributed by atoms with Gasteiger partial charge in [-0.1, -0.05) is 35.6 Å².